The average molecular weight is 175 g/mol. The van der Waals surface area contributed by atoms with Crippen molar-refractivity contribution >= 4 is 5.91 Å². The van der Waals surface area contributed by atoms with E-state index in [1.807, 2.05) is 12.2 Å². The Kier molecular flexibility index (Phi) is 2.98. The van der Waals surface area contributed by atoms with Gasteiger partial charge in [-0.25, -0.2) is 0 Å². The fourth-order valence-corrected chi connectivity index (χ4v) is 0.928. The van der Waals surface area contributed by atoms with Gasteiger partial charge in [-0.2, -0.15) is 5.26 Å². The summed E-state index contributed by atoms with van der Waals surface area (Å²) in [5.41, 5.74) is 1.39. The highest BCUT2D eigenvalue weighted by atomic mass is 16.1. The van der Waals surface area contributed by atoms with E-state index in [-0.39, 0.29) is 0 Å². The lowest BCUT2D eigenvalue weighted by molar-refractivity contribution is 0.0972. The number of nitriles is 1. The van der Waals surface area contributed by atoms with Gasteiger partial charge in [0.05, 0.1) is 5.56 Å². The van der Waals surface area contributed by atoms with E-state index in [9.17, 15) is 4.79 Å². The Bertz CT molecular complexity index is 354. The van der Waals surface area contributed by atoms with Crippen LogP contribution in [0.25, 0.3) is 0 Å². The van der Waals surface area contributed by atoms with Crippen molar-refractivity contribution in [3.8, 4) is 6.19 Å². The Morgan fingerprint density at radius 1 is 1.69 bits per heavy atom. The first-order chi connectivity index (χ1) is 6.27. The standard InChI is InChI=1S/C9H9N3O/c1-2-7-3-8(5-11-4-7)9(13)12-6-10/h3-5H,2H2,1H3,(H,12,13). The minimum Gasteiger partial charge on any atom is -0.268 e. The van der Waals surface area contributed by atoms with E-state index in [0.717, 1.165) is 12.0 Å². The van der Waals surface area contributed by atoms with Gasteiger partial charge in [-0.1, -0.05) is 6.92 Å². The Balaban J connectivity index is 2.89. The molecule has 13 heavy (non-hydrogen) atoms. The molecule has 1 aromatic heterocycles. The summed E-state index contributed by atoms with van der Waals surface area (Å²) in [4.78, 5) is 15.0. The zero-order valence-electron chi connectivity index (χ0n) is 7.24. The number of aryl methyl sites for hydroxylation is 1. The van der Waals surface area contributed by atoms with E-state index in [1.165, 1.54) is 6.20 Å². The van der Waals surface area contributed by atoms with Gasteiger partial charge in [0, 0.05) is 12.4 Å². The van der Waals surface area contributed by atoms with Crippen molar-refractivity contribution in [3.63, 3.8) is 0 Å². The fourth-order valence-electron chi connectivity index (χ4n) is 0.928. The third-order valence-electron chi connectivity index (χ3n) is 1.63. The van der Waals surface area contributed by atoms with Crippen LogP contribution in [0.5, 0.6) is 0 Å². The van der Waals surface area contributed by atoms with Crippen LogP contribution in [0.1, 0.15) is 22.8 Å². The summed E-state index contributed by atoms with van der Waals surface area (Å²) in [5.74, 6) is -0.412. The van der Waals surface area contributed by atoms with Crippen LogP contribution in [0.3, 0.4) is 0 Å². The molecular formula is C9H9N3O. The predicted molar refractivity (Wildman–Crippen MR) is 46.7 cm³/mol. The van der Waals surface area contributed by atoms with Gasteiger partial charge in [0.2, 0.25) is 0 Å². The van der Waals surface area contributed by atoms with Crippen LogP contribution < -0.4 is 5.32 Å². The zero-order chi connectivity index (χ0) is 9.68. The van der Waals surface area contributed by atoms with Crippen molar-refractivity contribution in [2.75, 3.05) is 0 Å². The predicted octanol–water partition coefficient (Wildman–Crippen LogP) is 0.855. The van der Waals surface area contributed by atoms with Gasteiger partial charge in [-0.3, -0.25) is 15.1 Å². The van der Waals surface area contributed by atoms with Gasteiger partial charge < -0.3 is 0 Å². The Hall–Kier alpha value is -1.89. The Labute approximate surface area is 76.2 Å². The maximum Gasteiger partial charge on any atom is 0.265 e. The maximum atomic E-state index is 11.1. The molecule has 1 aromatic rings. The summed E-state index contributed by atoms with van der Waals surface area (Å²) in [6.07, 6.45) is 5.53. The van der Waals surface area contributed by atoms with E-state index >= 15 is 0 Å². The molecule has 0 unspecified atom stereocenters. The number of hydrogen-bond donors (Lipinski definition) is 1. The zero-order valence-corrected chi connectivity index (χ0v) is 7.24. The Morgan fingerprint density at radius 2 is 2.46 bits per heavy atom. The van der Waals surface area contributed by atoms with Crippen molar-refractivity contribution in [2.24, 2.45) is 0 Å². The topological polar surface area (TPSA) is 65.8 Å². The number of nitrogens with one attached hydrogen (secondary N) is 1. The highest BCUT2D eigenvalue weighted by Gasteiger charge is 2.04. The monoisotopic (exact) mass is 175 g/mol. The minimum absolute atomic E-state index is 0.412. The molecule has 66 valence electrons. The van der Waals surface area contributed by atoms with E-state index < -0.39 is 5.91 Å². The molecule has 0 radical (unpaired) electrons. The molecule has 4 nitrogen and oxygen atoms in total. The van der Waals surface area contributed by atoms with Crippen LogP contribution in [0.15, 0.2) is 18.5 Å². The molecule has 0 atom stereocenters. The molecule has 0 fully saturated rings. The molecule has 1 heterocycles. The number of amides is 1. The smallest absolute Gasteiger partial charge is 0.265 e. The van der Waals surface area contributed by atoms with Crippen LogP contribution in [0.2, 0.25) is 0 Å². The van der Waals surface area contributed by atoms with Crippen LogP contribution in [0, 0.1) is 11.5 Å². The van der Waals surface area contributed by atoms with Gasteiger partial charge in [0.1, 0.15) is 0 Å². The van der Waals surface area contributed by atoms with E-state index in [0.29, 0.717) is 5.56 Å². The van der Waals surface area contributed by atoms with Crippen LogP contribution in [-0.4, -0.2) is 10.9 Å². The molecule has 0 aliphatic carbocycles. The van der Waals surface area contributed by atoms with E-state index in [4.69, 9.17) is 5.26 Å². The molecule has 0 bridgehead atoms. The molecule has 0 spiro atoms. The van der Waals surface area contributed by atoms with Gasteiger partial charge in [-0.05, 0) is 18.1 Å². The molecule has 0 saturated heterocycles. The summed E-state index contributed by atoms with van der Waals surface area (Å²) >= 11 is 0. The lowest BCUT2D eigenvalue weighted by Gasteiger charge is -1.99. The molecule has 1 amide bonds. The first kappa shape index (κ1) is 9.20. The lowest BCUT2D eigenvalue weighted by atomic mass is 10.1. The molecule has 0 aromatic carbocycles. The number of hydrogen-bond acceptors (Lipinski definition) is 3. The normalized spacial score (nSPS) is 8.92. The van der Waals surface area contributed by atoms with Crippen LogP contribution in [0.4, 0.5) is 0 Å². The number of pyridine rings is 1. The largest absolute Gasteiger partial charge is 0.268 e. The Morgan fingerprint density at radius 3 is 3.08 bits per heavy atom. The van der Waals surface area contributed by atoms with Crippen molar-refractivity contribution in [1.82, 2.24) is 10.3 Å². The first-order valence-corrected chi connectivity index (χ1v) is 3.91. The van der Waals surface area contributed by atoms with Gasteiger partial charge in [0.25, 0.3) is 5.91 Å². The van der Waals surface area contributed by atoms with Crippen molar-refractivity contribution in [3.05, 3.63) is 29.6 Å². The van der Waals surface area contributed by atoms with Crippen LogP contribution >= 0.6 is 0 Å². The second-order valence-corrected chi connectivity index (χ2v) is 2.50. The van der Waals surface area contributed by atoms with E-state index in [1.54, 1.807) is 18.5 Å². The molecule has 4 heteroatoms. The first-order valence-electron chi connectivity index (χ1n) is 3.91. The summed E-state index contributed by atoms with van der Waals surface area (Å²) in [6.45, 7) is 1.98. The quantitative estimate of drug-likeness (QED) is 0.535. The number of nitrogens with zero attached hydrogens (tertiary/aromatic N) is 2. The molecule has 0 aliphatic heterocycles. The minimum atomic E-state index is -0.412. The second kappa shape index (κ2) is 4.21. The van der Waals surface area contributed by atoms with Crippen LogP contribution in [-0.2, 0) is 6.42 Å². The van der Waals surface area contributed by atoms with Crippen molar-refractivity contribution in [1.29, 1.82) is 5.26 Å². The highest BCUT2D eigenvalue weighted by Crippen LogP contribution is 2.02. The highest BCUT2D eigenvalue weighted by molar-refractivity contribution is 5.94. The van der Waals surface area contributed by atoms with Gasteiger partial charge in [-0.15, -0.1) is 0 Å². The van der Waals surface area contributed by atoms with Crippen molar-refractivity contribution in [2.45, 2.75) is 13.3 Å². The summed E-state index contributed by atoms with van der Waals surface area (Å²) < 4.78 is 0. The molecule has 0 saturated carbocycles. The lowest BCUT2D eigenvalue weighted by Crippen LogP contribution is -2.17. The number of carbonyl (C=O) groups is 1. The summed E-state index contributed by atoms with van der Waals surface area (Å²) in [5, 5.41) is 10.3. The SMILES string of the molecule is CCc1cncc(C(=O)NC#N)c1. The second-order valence-electron chi connectivity index (χ2n) is 2.50. The van der Waals surface area contributed by atoms with Crippen molar-refractivity contribution < 1.29 is 4.79 Å². The van der Waals surface area contributed by atoms with E-state index in [2.05, 4.69) is 4.98 Å². The van der Waals surface area contributed by atoms with Gasteiger partial charge >= 0.3 is 0 Å². The molecule has 0 aliphatic rings. The molecule has 1 N–H and O–H groups in total. The number of aromatic nitrogens is 1. The third-order valence-corrected chi connectivity index (χ3v) is 1.63. The van der Waals surface area contributed by atoms with Gasteiger partial charge in [0.15, 0.2) is 6.19 Å². The average Bonchev–Trinajstić information content (AvgIpc) is 2.18. The summed E-state index contributed by atoms with van der Waals surface area (Å²) in [7, 11) is 0. The molecule has 1 rings (SSSR count). The molecular weight excluding hydrogens is 166 g/mol. The maximum absolute atomic E-state index is 11.1. The fraction of sp³-hybridized carbons (Fsp3) is 0.222. The number of rotatable bonds is 2. The summed E-state index contributed by atoms with van der Waals surface area (Å²) in [6, 6.07) is 1.72. The number of carbonyl (C=O) groups excluding carboxylic acids is 1. The third kappa shape index (κ3) is 2.27.